The minimum atomic E-state index is -0.513. The topological polar surface area (TPSA) is 103 Å². The summed E-state index contributed by atoms with van der Waals surface area (Å²) in [6.45, 7) is 4.01. The maximum atomic E-state index is 12.0. The molecule has 1 N–H and O–H groups in total. The lowest BCUT2D eigenvalue weighted by Gasteiger charge is -2.15. The van der Waals surface area contributed by atoms with Crippen molar-refractivity contribution in [3.05, 3.63) is 63.7 Å². The fourth-order valence-corrected chi connectivity index (χ4v) is 2.39. The predicted octanol–water partition coefficient (Wildman–Crippen LogP) is 3.47. The largest absolute Gasteiger partial charge is 0.493 e. The Balaban J connectivity index is 2.00. The number of benzene rings is 2. The highest BCUT2D eigenvalue weighted by atomic mass is 16.6. The zero-order chi connectivity index (χ0) is 20.5. The lowest BCUT2D eigenvalue weighted by Crippen LogP contribution is -2.20. The van der Waals surface area contributed by atoms with Gasteiger partial charge in [-0.3, -0.25) is 14.9 Å². The first-order chi connectivity index (χ1) is 13.4. The molecule has 0 unspecified atom stereocenters. The van der Waals surface area contributed by atoms with Gasteiger partial charge in [0, 0.05) is 11.6 Å². The summed E-state index contributed by atoms with van der Waals surface area (Å²) in [4.78, 5) is 22.5. The fraction of sp³-hybridized carbons (Fsp3) is 0.300. The summed E-state index contributed by atoms with van der Waals surface area (Å²) in [5.41, 5.74) is 3.32. The third kappa shape index (κ3) is 5.80. The number of nitrogens with one attached hydrogen (secondary N) is 1. The standard InChI is InChI=1S/C20H23N3O5/c1-4-14(2)28-18-10-9-15(11-19(18)27-3)13-21-22-20(24)12-16-7-5-6-8-17(16)23(25)26/h5-11,13-14H,4,12H2,1-3H3,(H,22,24)/b21-13+/t14-/m0/s1. The number of hydrogen-bond acceptors (Lipinski definition) is 6. The Morgan fingerprint density at radius 2 is 2.04 bits per heavy atom. The van der Waals surface area contributed by atoms with Gasteiger partial charge in [0.25, 0.3) is 5.69 Å². The lowest BCUT2D eigenvalue weighted by molar-refractivity contribution is -0.385. The third-order valence-corrected chi connectivity index (χ3v) is 4.03. The van der Waals surface area contributed by atoms with Crippen LogP contribution < -0.4 is 14.9 Å². The number of methoxy groups -OCH3 is 1. The van der Waals surface area contributed by atoms with Crippen LogP contribution in [0, 0.1) is 10.1 Å². The summed E-state index contributed by atoms with van der Waals surface area (Å²) in [7, 11) is 1.55. The molecule has 2 aromatic rings. The highest BCUT2D eigenvalue weighted by molar-refractivity contribution is 5.84. The number of ether oxygens (including phenoxy) is 2. The molecular weight excluding hydrogens is 362 g/mol. The number of nitrogens with zero attached hydrogens (tertiary/aromatic N) is 2. The van der Waals surface area contributed by atoms with E-state index in [1.807, 2.05) is 13.8 Å². The fourth-order valence-electron chi connectivity index (χ4n) is 2.39. The molecule has 0 saturated heterocycles. The van der Waals surface area contributed by atoms with Gasteiger partial charge in [-0.25, -0.2) is 5.43 Å². The zero-order valence-electron chi connectivity index (χ0n) is 16.0. The third-order valence-electron chi connectivity index (χ3n) is 4.03. The second-order valence-corrected chi connectivity index (χ2v) is 6.10. The molecule has 0 bridgehead atoms. The summed E-state index contributed by atoms with van der Waals surface area (Å²) in [5, 5.41) is 14.9. The van der Waals surface area contributed by atoms with E-state index < -0.39 is 10.8 Å². The molecule has 28 heavy (non-hydrogen) atoms. The average Bonchev–Trinajstić information content (AvgIpc) is 2.69. The first kappa shape index (κ1) is 20.9. The molecule has 8 heteroatoms. The molecule has 0 fully saturated rings. The van der Waals surface area contributed by atoms with Crippen molar-refractivity contribution in [2.45, 2.75) is 32.8 Å². The monoisotopic (exact) mass is 385 g/mol. The Bertz CT molecular complexity index is 867. The van der Waals surface area contributed by atoms with Gasteiger partial charge in [0.05, 0.1) is 30.8 Å². The highest BCUT2D eigenvalue weighted by Crippen LogP contribution is 2.28. The van der Waals surface area contributed by atoms with Gasteiger partial charge in [0.15, 0.2) is 11.5 Å². The number of carbonyl (C=O) groups excluding carboxylic acids is 1. The molecule has 1 amide bonds. The van der Waals surface area contributed by atoms with E-state index in [1.165, 1.54) is 12.3 Å². The molecule has 0 aliphatic heterocycles. The van der Waals surface area contributed by atoms with Crippen molar-refractivity contribution in [3.8, 4) is 11.5 Å². The Labute approximate surface area is 163 Å². The molecular formula is C20H23N3O5. The second-order valence-electron chi connectivity index (χ2n) is 6.10. The normalized spacial score (nSPS) is 11.8. The SMILES string of the molecule is CC[C@H](C)Oc1ccc(/C=N/NC(=O)Cc2ccccc2[N+](=O)[O-])cc1OC. The van der Waals surface area contributed by atoms with Crippen LogP contribution in [0.4, 0.5) is 5.69 Å². The van der Waals surface area contributed by atoms with E-state index in [1.54, 1.807) is 43.5 Å². The van der Waals surface area contributed by atoms with Crippen LogP contribution in [0.2, 0.25) is 0 Å². The van der Waals surface area contributed by atoms with E-state index in [0.717, 1.165) is 6.42 Å². The van der Waals surface area contributed by atoms with E-state index in [0.29, 0.717) is 22.6 Å². The van der Waals surface area contributed by atoms with E-state index in [4.69, 9.17) is 9.47 Å². The molecule has 0 aliphatic carbocycles. The summed E-state index contributed by atoms with van der Waals surface area (Å²) in [6, 6.07) is 11.4. The molecule has 0 spiro atoms. The van der Waals surface area contributed by atoms with Crippen LogP contribution in [0.15, 0.2) is 47.6 Å². The molecule has 1 atom stereocenters. The number of nitro groups is 1. The quantitative estimate of drug-likeness (QED) is 0.404. The van der Waals surface area contributed by atoms with Gasteiger partial charge in [0.1, 0.15) is 0 Å². The van der Waals surface area contributed by atoms with Crippen molar-refractivity contribution in [1.29, 1.82) is 0 Å². The number of amides is 1. The minimum absolute atomic E-state index is 0.0646. The Morgan fingerprint density at radius 1 is 1.29 bits per heavy atom. The number of hydrogen-bond donors (Lipinski definition) is 1. The van der Waals surface area contributed by atoms with Crippen LogP contribution in [0.5, 0.6) is 11.5 Å². The van der Waals surface area contributed by atoms with Crippen LogP contribution in [-0.4, -0.2) is 30.3 Å². The van der Waals surface area contributed by atoms with Crippen LogP contribution in [0.1, 0.15) is 31.4 Å². The van der Waals surface area contributed by atoms with Gasteiger partial charge < -0.3 is 9.47 Å². The summed E-state index contributed by atoms with van der Waals surface area (Å²) in [6.07, 6.45) is 2.26. The molecule has 2 rings (SSSR count). The van der Waals surface area contributed by atoms with Gasteiger partial charge in [-0.05, 0) is 37.1 Å². The Kier molecular flexibility index (Phi) is 7.50. The lowest BCUT2D eigenvalue weighted by atomic mass is 10.1. The molecule has 8 nitrogen and oxygen atoms in total. The Hall–Kier alpha value is -3.42. The smallest absolute Gasteiger partial charge is 0.273 e. The van der Waals surface area contributed by atoms with Crippen molar-refractivity contribution >= 4 is 17.8 Å². The van der Waals surface area contributed by atoms with Gasteiger partial charge in [-0.1, -0.05) is 25.1 Å². The number of carbonyl (C=O) groups is 1. The molecule has 148 valence electrons. The first-order valence-electron chi connectivity index (χ1n) is 8.83. The first-order valence-corrected chi connectivity index (χ1v) is 8.83. The number of hydrazone groups is 1. The number of nitro benzene ring substituents is 1. The zero-order valence-corrected chi connectivity index (χ0v) is 16.0. The average molecular weight is 385 g/mol. The predicted molar refractivity (Wildman–Crippen MR) is 106 cm³/mol. The van der Waals surface area contributed by atoms with Gasteiger partial charge >= 0.3 is 0 Å². The van der Waals surface area contributed by atoms with Crippen molar-refractivity contribution in [2.24, 2.45) is 5.10 Å². The molecule has 0 saturated carbocycles. The molecule has 2 aromatic carbocycles. The maximum absolute atomic E-state index is 12.0. The Morgan fingerprint density at radius 3 is 2.71 bits per heavy atom. The van der Waals surface area contributed by atoms with Gasteiger partial charge in [0.2, 0.25) is 5.91 Å². The summed E-state index contributed by atoms with van der Waals surface area (Å²) >= 11 is 0. The van der Waals surface area contributed by atoms with E-state index >= 15 is 0 Å². The molecule has 0 radical (unpaired) electrons. The summed E-state index contributed by atoms with van der Waals surface area (Å²) in [5.74, 6) is 0.749. The molecule has 0 aromatic heterocycles. The van der Waals surface area contributed by atoms with E-state index in [9.17, 15) is 14.9 Å². The van der Waals surface area contributed by atoms with E-state index in [-0.39, 0.29) is 18.2 Å². The minimum Gasteiger partial charge on any atom is -0.493 e. The van der Waals surface area contributed by atoms with Gasteiger partial charge in [-0.2, -0.15) is 5.10 Å². The molecule has 0 aliphatic rings. The van der Waals surface area contributed by atoms with Crippen LogP contribution in [0.3, 0.4) is 0 Å². The van der Waals surface area contributed by atoms with Crippen LogP contribution >= 0.6 is 0 Å². The van der Waals surface area contributed by atoms with Crippen molar-refractivity contribution in [2.75, 3.05) is 7.11 Å². The van der Waals surface area contributed by atoms with Crippen molar-refractivity contribution < 1.29 is 19.2 Å². The van der Waals surface area contributed by atoms with Crippen molar-refractivity contribution in [3.63, 3.8) is 0 Å². The maximum Gasteiger partial charge on any atom is 0.273 e. The highest BCUT2D eigenvalue weighted by Gasteiger charge is 2.15. The van der Waals surface area contributed by atoms with Crippen LogP contribution in [-0.2, 0) is 11.2 Å². The van der Waals surface area contributed by atoms with Gasteiger partial charge in [-0.15, -0.1) is 0 Å². The van der Waals surface area contributed by atoms with Crippen molar-refractivity contribution in [1.82, 2.24) is 5.43 Å². The molecule has 0 heterocycles. The number of rotatable bonds is 9. The summed E-state index contributed by atoms with van der Waals surface area (Å²) < 4.78 is 11.1. The van der Waals surface area contributed by atoms with E-state index in [2.05, 4.69) is 10.5 Å². The number of para-hydroxylation sites is 1. The second kappa shape index (κ2) is 10.1. The van der Waals surface area contributed by atoms with Crippen LogP contribution in [0.25, 0.3) is 0 Å².